The van der Waals surface area contributed by atoms with Gasteiger partial charge in [-0.3, -0.25) is 4.79 Å². The molecule has 3 rings (SSSR count). The van der Waals surface area contributed by atoms with Crippen LogP contribution in [0.5, 0.6) is 11.5 Å². The van der Waals surface area contributed by atoms with E-state index in [-0.39, 0.29) is 17.9 Å². The van der Waals surface area contributed by atoms with Gasteiger partial charge in [-0.25, -0.2) is 0 Å². The van der Waals surface area contributed by atoms with E-state index in [2.05, 4.69) is 24.3 Å². The first-order chi connectivity index (χ1) is 12.5. The molecule has 1 aromatic heterocycles. The maximum Gasteiger partial charge on any atom is 0.220 e. The van der Waals surface area contributed by atoms with Gasteiger partial charge in [0.2, 0.25) is 5.91 Å². The van der Waals surface area contributed by atoms with Crippen molar-refractivity contribution < 1.29 is 18.8 Å². The van der Waals surface area contributed by atoms with Crippen LogP contribution in [0.25, 0.3) is 0 Å². The first kappa shape index (κ1) is 18.3. The molecule has 2 aromatic rings. The van der Waals surface area contributed by atoms with Crippen LogP contribution in [-0.4, -0.2) is 24.3 Å². The van der Waals surface area contributed by atoms with Gasteiger partial charge in [0.25, 0.3) is 0 Å². The predicted octanol–water partition coefficient (Wildman–Crippen LogP) is 3.51. The van der Waals surface area contributed by atoms with Gasteiger partial charge < -0.3 is 19.3 Å². The normalized spacial score (nSPS) is 14.3. The van der Waals surface area contributed by atoms with Gasteiger partial charge in [-0.1, -0.05) is 25.1 Å². The molecule has 140 valence electrons. The zero-order chi connectivity index (χ0) is 18.7. The lowest BCUT2D eigenvalue weighted by atomic mass is 9.95. The van der Waals surface area contributed by atoms with Crippen molar-refractivity contribution in [1.29, 1.82) is 0 Å². The highest BCUT2D eigenvalue weighted by atomic mass is 16.6. The molecule has 1 atom stereocenters. The predicted molar refractivity (Wildman–Crippen MR) is 97.5 cm³/mol. The van der Waals surface area contributed by atoms with Crippen LogP contribution in [-0.2, 0) is 11.2 Å². The molecule has 26 heavy (non-hydrogen) atoms. The summed E-state index contributed by atoms with van der Waals surface area (Å²) < 4.78 is 16.4. The summed E-state index contributed by atoms with van der Waals surface area (Å²) in [5, 5.41) is 7.09. The molecule has 0 aliphatic carbocycles. The number of nitrogens with zero attached hydrogens (tertiary/aromatic N) is 1. The fourth-order valence-corrected chi connectivity index (χ4v) is 3.23. The van der Waals surface area contributed by atoms with Gasteiger partial charge in [0.05, 0.1) is 11.7 Å². The van der Waals surface area contributed by atoms with Gasteiger partial charge >= 0.3 is 0 Å². The third-order valence-electron chi connectivity index (χ3n) is 4.69. The Bertz CT molecular complexity index is 763. The minimum atomic E-state index is -0.0806. The van der Waals surface area contributed by atoms with E-state index in [4.69, 9.17) is 14.0 Å². The van der Waals surface area contributed by atoms with Crippen LogP contribution in [0.1, 0.15) is 48.9 Å². The highest BCUT2D eigenvalue weighted by Crippen LogP contribution is 2.34. The molecule has 0 bridgehead atoms. The lowest BCUT2D eigenvalue weighted by Crippen LogP contribution is -2.32. The largest absolute Gasteiger partial charge is 0.486 e. The zero-order valence-corrected chi connectivity index (χ0v) is 15.8. The Morgan fingerprint density at radius 2 is 1.92 bits per heavy atom. The number of nitrogens with one attached hydrogen (secondary N) is 1. The third kappa shape index (κ3) is 4.00. The van der Waals surface area contributed by atoms with Crippen LogP contribution >= 0.6 is 0 Å². The maximum atomic E-state index is 12.5. The second kappa shape index (κ2) is 7.81. The molecule has 0 unspecified atom stereocenters. The Kier molecular flexibility index (Phi) is 5.49. The third-order valence-corrected chi connectivity index (χ3v) is 4.69. The van der Waals surface area contributed by atoms with E-state index >= 15 is 0 Å². The molecule has 2 heterocycles. The van der Waals surface area contributed by atoms with Crippen LogP contribution in [0.15, 0.2) is 22.7 Å². The maximum absolute atomic E-state index is 12.5. The molecule has 0 saturated heterocycles. The molecule has 6 heteroatoms. The SMILES string of the molecule is Cc1noc(C)c1CCC(=O)N[C@@H](c1ccc2c(c1)OCCO2)C(C)C. The van der Waals surface area contributed by atoms with Crippen molar-refractivity contribution >= 4 is 5.91 Å². The number of aryl methyl sites for hydroxylation is 2. The fourth-order valence-electron chi connectivity index (χ4n) is 3.23. The molecule has 0 radical (unpaired) electrons. The number of fused-ring (bicyclic) bond motifs is 1. The van der Waals surface area contributed by atoms with Gasteiger partial charge in [0.15, 0.2) is 11.5 Å². The summed E-state index contributed by atoms with van der Waals surface area (Å²) in [6, 6.07) is 5.79. The molecular weight excluding hydrogens is 332 g/mol. The number of ether oxygens (including phenoxy) is 2. The summed E-state index contributed by atoms with van der Waals surface area (Å²) in [5.74, 6) is 2.54. The van der Waals surface area contributed by atoms with Crippen molar-refractivity contribution in [3.05, 3.63) is 40.8 Å². The first-order valence-electron chi connectivity index (χ1n) is 9.06. The Morgan fingerprint density at radius 3 is 2.58 bits per heavy atom. The van der Waals surface area contributed by atoms with E-state index in [9.17, 15) is 4.79 Å². The van der Waals surface area contributed by atoms with Crippen molar-refractivity contribution in [1.82, 2.24) is 10.5 Å². The second-order valence-electron chi connectivity index (χ2n) is 7.00. The number of benzene rings is 1. The van der Waals surface area contributed by atoms with Crippen molar-refractivity contribution in [3.8, 4) is 11.5 Å². The smallest absolute Gasteiger partial charge is 0.220 e. The molecule has 1 aliphatic rings. The summed E-state index contributed by atoms with van der Waals surface area (Å²) >= 11 is 0. The van der Waals surface area contributed by atoms with E-state index in [0.717, 1.165) is 34.1 Å². The van der Waals surface area contributed by atoms with Crippen molar-refractivity contribution in [2.75, 3.05) is 13.2 Å². The monoisotopic (exact) mass is 358 g/mol. The number of hydrogen-bond donors (Lipinski definition) is 1. The van der Waals surface area contributed by atoms with Crippen molar-refractivity contribution in [2.45, 2.75) is 46.6 Å². The average molecular weight is 358 g/mol. The Labute approximate surface area is 153 Å². The topological polar surface area (TPSA) is 73.6 Å². The number of amides is 1. The highest BCUT2D eigenvalue weighted by molar-refractivity contribution is 5.76. The van der Waals surface area contributed by atoms with E-state index in [1.54, 1.807) is 0 Å². The number of aromatic nitrogens is 1. The number of hydrogen-bond acceptors (Lipinski definition) is 5. The van der Waals surface area contributed by atoms with Gasteiger partial charge in [0, 0.05) is 12.0 Å². The van der Waals surface area contributed by atoms with Gasteiger partial charge in [0.1, 0.15) is 19.0 Å². The first-order valence-corrected chi connectivity index (χ1v) is 9.06. The van der Waals surface area contributed by atoms with Crippen molar-refractivity contribution in [3.63, 3.8) is 0 Å². The summed E-state index contributed by atoms with van der Waals surface area (Å²) in [5.41, 5.74) is 2.89. The van der Waals surface area contributed by atoms with Crippen molar-refractivity contribution in [2.24, 2.45) is 5.92 Å². The highest BCUT2D eigenvalue weighted by Gasteiger charge is 2.22. The lowest BCUT2D eigenvalue weighted by Gasteiger charge is -2.25. The van der Waals surface area contributed by atoms with E-state index < -0.39 is 0 Å². The van der Waals surface area contributed by atoms with E-state index in [1.165, 1.54) is 0 Å². The molecule has 1 amide bonds. The van der Waals surface area contributed by atoms with E-state index in [1.807, 2.05) is 32.0 Å². The standard InChI is InChI=1S/C20H26N2O4/c1-12(2)20(15-5-7-17-18(11-15)25-10-9-24-17)21-19(23)8-6-16-13(3)22-26-14(16)4/h5,7,11-12,20H,6,8-10H2,1-4H3,(H,21,23)/t20-/m1/s1. The quantitative estimate of drug-likeness (QED) is 0.855. The molecule has 0 spiro atoms. The molecule has 0 saturated carbocycles. The van der Waals surface area contributed by atoms with Crippen LogP contribution in [0.3, 0.4) is 0 Å². The number of rotatable bonds is 6. The second-order valence-corrected chi connectivity index (χ2v) is 7.00. The lowest BCUT2D eigenvalue weighted by molar-refractivity contribution is -0.122. The zero-order valence-electron chi connectivity index (χ0n) is 15.8. The van der Waals surface area contributed by atoms with E-state index in [0.29, 0.717) is 26.1 Å². The van der Waals surface area contributed by atoms with Crippen LogP contribution in [0, 0.1) is 19.8 Å². The Balaban J connectivity index is 1.67. The summed E-state index contributed by atoms with van der Waals surface area (Å²) in [7, 11) is 0. The number of carbonyl (C=O) groups is 1. The van der Waals surface area contributed by atoms with Crippen LogP contribution in [0.2, 0.25) is 0 Å². The fraction of sp³-hybridized carbons (Fsp3) is 0.500. The molecular formula is C20H26N2O4. The average Bonchev–Trinajstić information content (AvgIpc) is 2.95. The Hall–Kier alpha value is -2.50. The summed E-state index contributed by atoms with van der Waals surface area (Å²) in [4.78, 5) is 12.5. The minimum Gasteiger partial charge on any atom is -0.486 e. The number of carbonyl (C=O) groups excluding carboxylic acids is 1. The minimum absolute atomic E-state index is 0.0126. The van der Waals surface area contributed by atoms with Gasteiger partial charge in [-0.2, -0.15) is 0 Å². The Morgan fingerprint density at radius 1 is 1.19 bits per heavy atom. The van der Waals surface area contributed by atoms with Crippen LogP contribution < -0.4 is 14.8 Å². The molecule has 1 N–H and O–H groups in total. The molecule has 0 fully saturated rings. The molecule has 1 aromatic carbocycles. The molecule has 1 aliphatic heterocycles. The molecule has 6 nitrogen and oxygen atoms in total. The van der Waals surface area contributed by atoms with Gasteiger partial charge in [-0.15, -0.1) is 0 Å². The van der Waals surface area contributed by atoms with Gasteiger partial charge in [-0.05, 0) is 43.9 Å². The summed E-state index contributed by atoms with van der Waals surface area (Å²) in [6.07, 6.45) is 1.02. The summed E-state index contributed by atoms with van der Waals surface area (Å²) in [6.45, 7) is 9.08. The van der Waals surface area contributed by atoms with Crippen LogP contribution in [0.4, 0.5) is 0 Å².